The van der Waals surface area contributed by atoms with Gasteiger partial charge in [0, 0.05) is 18.7 Å². The van der Waals surface area contributed by atoms with Crippen LogP contribution >= 0.6 is 11.6 Å². The first-order valence-electron chi connectivity index (χ1n) is 11.8. The number of methoxy groups -OCH3 is 2. The molecular weight excluding hydrogens is 486 g/mol. The molecule has 1 aliphatic heterocycles. The number of aliphatic hydroxyl groups excluding tert-OH is 1. The second-order valence-electron chi connectivity index (χ2n) is 8.46. The predicted octanol–water partition coefficient (Wildman–Crippen LogP) is 4.99. The van der Waals surface area contributed by atoms with Gasteiger partial charge < -0.3 is 29.0 Å². The van der Waals surface area contributed by atoms with Gasteiger partial charge in [-0.2, -0.15) is 0 Å². The van der Waals surface area contributed by atoms with E-state index in [0.29, 0.717) is 48.0 Å². The molecule has 0 saturated carbocycles. The van der Waals surface area contributed by atoms with Crippen LogP contribution in [0.25, 0.3) is 5.76 Å². The van der Waals surface area contributed by atoms with Crippen molar-refractivity contribution in [2.45, 2.75) is 39.3 Å². The third kappa shape index (κ3) is 5.77. The van der Waals surface area contributed by atoms with E-state index < -0.39 is 17.7 Å². The van der Waals surface area contributed by atoms with E-state index in [1.807, 2.05) is 20.8 Å². The van der Waals surface area contributed by atoms with Gasteiger partial charge in [0.05, 0.1) is 43.6 Å². The Bertz CT molecular complexity index is 1140. The van der Waals surface area contributed by atoms with Gasteiger partial charge in [-0.15, -0.1) is 0 Å². The molecule has 0 aliphatic carbocycles. The maximum Gasteiger partial charge on any atom is 0.295 e. The molecule has 2 aromatic carbocycles. The molecule has 1 saturated heterocycles. The first-order chi connectivity index (χ1) is 17.2. The fraction of sp³-hybridized carbons (Fsp3) is 0.407. The van der Waals surface area contributed by atoms with E-state index >= 15 is 0 Å². The van der Waals surface area contributed by atoms with Crippen LogP contribution < -0.4 is 14.2 Å². The molecule has 8 nitrogen and oxygen atoms in total. The highest BCUT2D eigenvalue weighted by atomic mass is 35.5. The zero-order valence-corrected chi connectivity index (χ0v) is 21.9. The Kier molecular flexibility index (Phi) is 9.23. The topological polar surface area (TPSA) is 94.5 Å². The molecule has 9 heteroatoms. The van der Waals surface area contributed by atoms with E-state index in [9.17, 15) is 14.7 Å². The monoisotopic (exact) mass is 517 g/mol. The zero-order chi connectivity index (χ0) is 26.4. The number of ketones is 1. The number of aliphatic hydroxyl groups is 1. The molecule has 1 N–H and O–H groups in total. The fourth-order valence-corrected chi connectivity index (χ4v) is 4.37. The Morgan fingerprint density at radius 1 is 1.06 bits per heavy atom. The lowest BCUT2D eigenvalue weighted by Crippen LogP contribution is -2.31. The van der Waals surface area contributed by atoms with Crippen LogP contribution in [0, 0.1) is 0 Å². The van der Waals surface area contributed by atoms with Gasteiger partial charge >= 0.3 is 0 Å². The van der Waals surface area contributed by atoms with Gasteiger partial charge in [0.1, 0.15) is 11.5 Å². The van der Waals surface area contributed by atoms with Gasteiger partial charge in [0.2, 0.25) is 0 Å². The van der Waals surface area contributed by atoms with E-state index in [1.54, 1.807) is 30.3 Å². The second kappa shape index (κ2) is 12.1. The molecule has 1 aliphatic rings. The van der Waals surface area contributed by atoms with Gasteiger partial charge in [-0.1, -0.05) is 17.7 Å². The summed E-state index contributed by atoms with van der Waals surface area (Å²) in [6, 6.07) is 9.03. The third-order valence-electron chi connectivity index (χ3n) is 5.76. The molecule has 1 unspecified atom stereocenters. The van der Waals surface area contributed by atoms with Crippen molar-refractivity contribution in [3.63, 3.8) is 0 Å². The van der Waals surface area contributed by atoms with Crippen molar-refractivity contribution in [1.82, 2.24) is 4.90 Å². The van der Waals surface area contributed by atoms with Crippen molar-refractivity contribution in [3.05, 3.63) is 58.1 Å². The number of carbonyl (C=O) groups is 2. The minimum absolute atomic E-state index is 0.0290. The molecule has 2 aromatic rings. The molecule has 0 bridgehead atoms. The number of ether oxygens (including phenoxy) is 4. The standard InChI is InChI=1S/C27H32ClNO7/c1-6-35-22-15-17(8-11-21(22)34-5)24-23(25(30)18-9-10-20(33-4)19(28)14-18)26(31)27(32)29(24)12-7-13-36-16(2)3/h8-11,14-16,24,30H,6-7,12-13H2,1-5H3/b25-23-. The van der Waals surface area contributed by atoms with Crippen LogP contribution in [0.15, 0.2) is 42.0 Å². The highest BCUT2D eigenvalue weighted by molar-refractivity contribution is 6.46. The van der Waals surface area contributed by atoms with Crippen molar-refractivity contribution in [1.29, 1.82) is 0 Å². The average molecular weight is 518 g/mol. The summed E-state index contributed by atoms with van der Waals surface area (Å²) in [5.41, 5.74) is 0.869. The molecule has 0 spiro atoms. The lowest BCUT2D eigenvalue weighted by molar-refractivity contribution is -0.140. The van der Waals surface area contributed by atoms with Gasteiger partial charge in [0.25, 0.3) is 11.7 Å². The van der Waals surface area contributed by atoms with Gasteiger partial charge in [-0.3, -0.25) is 9.59 Å². The van der Waals surface area contributed by atoms with Crippen LogP contribution in [0.2, 0.25) is 5.02 Å². The van der Waals surface area contributed by atoms with Crippen LogP contribution in [-0.2, 0) is 14.3 Å². The zero-order valence-electron chi connectivity index (χ0n) is 21.2. The van der Waals surface area contributed by atoms with Crippen LogP contribution in [0.3, 0.4) is 0 Å². The minimum Gasteiger partial charge on any atom is -0.507 e. The lowest BCUT2D eigenvalue weighted by atomic mass is 9.95. The molecule has 1 fully saturated rings. The van der Waals surface area contributed by atoms with E-state index in [0.717, 1.165) is 0 Å². The van der Waals surface area contributed by atoms with E-state index in [2.05, 4.69) is 0 Å². The normalized spacial score (nSPS) is 17.1. The largest absolute Gasteiger partial charge is 0.507 e. The summed E-state index contributed by atoms with van der Waals surface area (Å²) >= 11 is 6.26. The first kappa shape index (κ1) is 27.4. The first-order valence-corrected chi connectivity index (χ1v) is 12.2. The maximum absolute atomic E-state index is 13.2. The number of nitrogens with zero attached hydrogens (tertiary/aromatic N) is 1. The number of halogens is 1. The van der Waals surface area contributed by atoms with Crippen molar-refractivity contribution in [2.24, 2.45) is 0 Å². The summed E-state index contributed by atoms with van der Waals surface area (Å²) in [6.07, 6.45) is 0.566. The van der Waals surface area contributed by atoms with Gasteiger partial charge in [-0.05, 0) is 63.1 Å². The molecule has 194 valence electrons. The Morgan fingerprint density at radius 3 is 2.36 bits per heavy atom. The summed E-state index contributed by atoms with van der Waals surface area (Å²) < 4.78 is 21.9. The van der Waals surface area contributed by atoms with Crippen molar-refractivity contribution in [3.8, 4) is 17.2 Å². The Labute approximate surface area is 216 Å². The molecule has 3 rings (SSSR count). The number of hydrogen-bond acceptors (Lipinski definition) is 7. The van der Waals surface area contributed by atoms with Gasteiger partial charge in [-0.25, -0.2) is 0 Å². The van der Waals surface area contributed by atoms with Crippen LogP contribution in [0.1, 0.15) is 44.4 Å². The SMILES string of the molecule is CCOc1cc(C2/C(=C(/O)c3ccc(OC)c(Cl)c3)C(=O)C(=O)N2CCCOC(C)C)ccc1OC. The Morgan fingerprint density at radius 2 is 1.75 bits per heavy atom. The summed E-state index contributed by atoms with van der Waals surface area (Å²) in [5, 5.41) is 11.5. The van der Waals surface area contributed by atoms with Crippen LogP contribution in [0.5, 0.6) is 17.2 Å². The summed E-state index contributed by atoms with van der Waals surface area (Å²) in [7, 11) is 3.01. The number of rotatable bonds is 11. The van der Waals surface area contributed by atoms with E-state index in [1.165, 1.54) is 25.2 Å². The smallest absolute Gasteiger partial charge is 0.295 e. The quantitative estimate of drug-likeness (QED) is 0.194. The molecule has 1 heterocycles. The summed E-state index contributed by atoms with van der Waals surface area (Å²) in [5.74, 6) is -0.379. The highest BCUT2D eigenvalue weighted by Crippen LogP contribution is 2.42. The van der Waals surface area contributed by atoms with Crippen molar-refractivity contribution in [2.75, 3.05) is 34.0 Å². The van der Waals surface area contributed by atoms with Crippen LogP contribution in [-0.4, -0.2) is 61.8 Å². The van der Waals surface area contributed by atoms with E-state index in [-0.39, 0.29) is 29.0 Å². The Balaban J connectivity index is 2.12. The molecular formula is C27H32ClNO7. The molecule has 1 amide bonds. The molecule has 36 heavy (non-hydrogen) atoms. The number of likely N-dealkylation sites (tertiary alicyclic amines) is 1. The molecule has 0 aromatic heterocycles. The Hall–Kier alpha value is -3.23. The van der Waals surface area contributed by atoms with Crippen LogP contribution in [0.4, 0.5) is 0 Å². The fourth-order valence-electron chi connectivity index (χ4n) is 4.11. The van der Waals surface area contributed by atoms with Crippen molar-refractivity contribution >= 4 is 29.1 Å². The summed E-state index contributed by atoms with van der Waals surface area (Å²) in [4.78, 5) is 27.9. The third-order valence-corrected chi connectivity index (χ3v) is 6.06. The lowest BCUT2D eigenvalue weighted by Gasteiger charge is -2.26. The van der Waals surface area contributed by atoms with Gasteiger partial charge in [0.15, 0.2) is 11.5 Å². The van der Waals surface area contributed by atoms with Crippen molar-refractivity contribution < 1.29 is 33.6 Å². The minimum atomic E-state index is -0.838. The number of carbonyl (C=O) groups excluding carboxylic acids is 2. The molecule has 0 radical (unpaired) electrons. The second-order valence-corrected chi connectivity index (χ2v) is 8.87. The molecule has 1 atom stereocenters. The number of hydrogen-bond donors (Lipinski definition) is 1. The highest BCUT2D eigenvalue weighted by Gasteiger charge is 2.46. The number of amides is 1. The number of benzene rings is 2. The average Bonchev–Trinajstić information content (AvgIpc) is 3.11. The van der Waals surface area contributed by atoms with E-state index in [4.69, 9.17) is 30.5 Å². The maximum atomic E-state index is 13.2. The summed E-state index contributed by atoms with van der Waals surface area (Å²) in [6.45, 7) is 6.79. The number of Topliss-reactive ketones (excluding diaryl/α,β-unsaturated/α-hetero) is 1. The predicted molar refractivity (Wildman–Crippen MR) is 137 cm³/mol.